The van der Waals surface area contributed by atoms with Gasteiger partial charge in [0, 0.05) is 19.2 Å². The number of hydrogen-bond donors (Lipinski definition) is 2. The number of carbonyl (C=O) groups is 1. The van der Waals surface area contributed by atoms with E-state index in [9.17, 15) is 4.79 Å². The van der Waals surface area contributed by atoms with Gasteiger partial charge in [0.1, 0.15) is 11.0 Å². The highest BCUT2D eigenvalue weighted by atomic mass is 35.5. The van der Waals surface area contributed by atoms with Crippen LogP contribution in [0.1, 0.15) is 30.1 Å². The number of nitrogens with two attached hydrogens (primary N) is 1. The molecule has 0 aliphatic rings. The average molecular weight is 257 g/mol. The molecule has 1 heterocycles. The highest BCUT2D eigenvalue weighted by molar-refractivity contribution is 6.29. The van der Waals surface area contributed by atoms with Gasteiger partial charge in [-0.3, -0.25) is 4.79 Å². The van der Waals surface area contributed by atoms with Gasteiger partial charge >= 0.3 is 0 Å². The fourth-order valence-electron chi connectivity index (χ4n) is 1.41. The van der Waals surface area contributed by atoms with Crippen molar-refractivity contribution in [3.63, 3.8) is 0 Å². The highest BCUT2D eigenvalue weighted by Crippen LogP contribution is 2.15. The Labute approximate surface area is 106 Å². The second-order valence-corrected chi connectivity index (χ2v) is 4.18. The molecule has 0 bridgehead atoms. The van der Waals surface area contributed by atoms with E-state index < -0.39 is 0 Å². The molecular formula is C11H17ClN4O. The molecule has 17 heavy (non-hydrogen) atoms. The number of carbonyl (C=O) groups excluding carboxylic acids is 1. The van der Waals surface area contributed by atoms with Crippen molar-refractivity contribution in [3.05, 3.63) is 22.8 Å². The van der Waals surface area contributed by atoms with Crippen LogP contribution in [-0.2, 0) is 0 Å². The minimum Gasteiger partial charge on any atom is -0.342 e. The Hall–Kier alpha value is -1.33. The number of nitrogens with one attached hydrogen (secondary N) is 1. The molecule has 0 aliphatic heterocycles. The molecule has 0 unspecified atom stereocenters. The Balaban J connectivity index is 2.84. The molecule has 3 N–H and O–H groups in total. The smallest absolute Gasteiger partial charge is 0.253 e. The molecule has 1 rings (SSSR count). The average Bonchev–Trinajstić information content (AvgIpc) is 2.34. The van der Waals surface area contributed by atoms with E-state index in [0.717, 1.165) is 19.4 Å². The quantitative estimate of drug-likeness (QED) is 0.480. The molecule has 1 aromatic rings. The molecule has 1 aromatic heterocycles. The van der Waals surface area contributed by atoms with Crippen molar-refractivity contribution in [1.29, 1.82) is 0 Å². The number of nitrogens with zero attached hydrogens (tertiary/aromatic N) is 2. The lowest BCUT2D eigenvalue weighted by molar-refractivity contribution is 0.0793. The van der Waals surface area contributed by atoms with Gasteiger partial charge in [0.05, 0.1) is 0 Å². The van der Waals surface area contributed by atoms with Gasteiger partial charge in [0.15, 0.2) is 0 Å². The van der Waals surface area contributed by atoms with Crippen LogP contribution in [0.25, 0.3) is 0 Å². The molecule has 0 spiro atoms. The van der Waals surface area contributed by atoms with Crippen molar-refractivity contribution < 1.29 is 4.79 Å². The summed E-state index contributed by atoms with van der Waals surface area (Å²) in [6.07, 6.45) is 2.02. The zero-order valence-electron chi connectivity index (χ0n) is 10.0. The summed E-state index contributed by atoms with van der Waals surface area (Å²) >= 11 is 5.80. The molecule has 94 valence electrons. The van der Waals surface area contributed by atoms with Gasteiger partial charge in [0.2, 0.25) is 0 Å². The summed E-state index contributed by atoms with van der Waals surface area (Å²) in [6, 6.07) is 3.11. The van der Waals surface area contributed by atoms with E-state index in [-0.39, 0.29) is 11.1 Å². The van der Waals surface area contributed by atoms with Crippen LogP contribution in [0.5, 0.6) is 0 Å². The minimum atomic E-state index is -0.0840. The number of nitrogen functional groups attached to an aromatic ring is 1. The summed E-state index contributed by atoms with van der Waals surface area (Å²) in [5.74, 6) is 5.54. The number of halogens is 1. The van der Waals surface area contributed by atoms with Crippen molar-refractivity contribution in [1.82, 2.24) is 9.88 Å². The Bertz CT molecular complexity index is 397. The lowest BCUT2D eigenvalue weighted by Gasteiger charge is -2.17. The number of amides is 1. The predicted octanol–water partition coefficient (Wildman–Crippen LogP) is 1.89. The van der Waals surface area contributed by atoms with Crippen LogP contribution in [-0.4, -0.2) is 29.4 Å². The van der Waals surface area contributed by atoms with Gasteiger partial charge in [0.25, 0.3) is 5.91 Å². The third kappa shape index (κ3) is 3.87. The summed E-state index contributed by atoms with van der Waals surface area (Å²) < 4.78 is 0. The topological polar surface area (TPSA) is 71.2 Å². The molecular weight excluding hydrogens is 240 g/mol. The Morgan fingerprint density at radius 1 is 1.59 bits per heavy atom. The SMILES string of the molecule is CCCCN(C)C(=O)c1cc(Cl)nc(NN)c1. The van der Waals surface area contributed by atoms with E-state index in [1.165, 1.54) is 6.07 Å². The number of pyridine rings is 1. The summed E-state index contributed by atoms with van der Waals surface area (Å²) in [7, 11) is 1.77. The largest absolute Gasteiger partial charge is 0.342 e. The fraction of sp³-hybridized carbons (Fsp3) is 0.455. The van der Waals surface area contributed by atoms with Crippen molar-refractivity contribution in [2.45, 2.75) is 19.8 Å². The van der Waals surface area contributed by atoms with Gasteiger partial charge in [-0.15, -0.1) is 0 Å². The van der Waals surface area contributed by atoms with Crippen molar-refractivity contribution in [2.24, 2.45) is 5.84 Å². The molecule has 1 amide bonds. The monoisotopic (exact) mass is 256 g/mol. The van der Waals surface area contributed by atoms with Crippen LogP contribution in [0.3, 0.4) is 0 Å². The third-order valence-electron chi connectivity index (χ3n) is 2.38. The molecule has 0 saturated carbocycles. The highest BCUT2D eigenvalue weighted by Gasteiger charge is 2.13. The van der Waals surface area contributed by atoms with Crippen LogP contribution in [0, 0.1) is 0 Å². The maximum atomic E-state index is 12.0. The second kappa shape index (κ2) is 6.42. The first-order valence-electron chi connectivity index (χ1n) is 5.48. The zero-order chi connectivity index (χ0) is 12.8. The standard InChI is InChI=1S/C11H17ClN4O/c1-3-4-5-16(2)11(17)8-6-9(12)14-10(7-8)15-13/h6-7H,3-5,13H2,1-2H3,(H,14,15). The number of rotatable bonds is 5. The Kier molecular flexibility index (Phi) is 5.18. The summed E-state index contributed by atoms with van der Waals surface area (Å²) in [5, 5.41) is 0.243. The summed E-state index contributed by atoms with van der Waals surface area (Å²) in [6.45, 7) is 2.80. The number of anilines is 1. The van der Waals surface area contributed by atoms with Crippen molar-refractivity contribution in [2.75, 3.05) is 19.0 Å². The normalized spacial score (nSPS) is 10.1. The van der Waals surface area contributed by atoms with Crippen LogP contribution >= 0.6 is 11.6 Å². The summed E-state index contributed by atoms with van der Waals surface area (Å²) in [5.41, 5.74) is 2.86. The van der Waals surface area contributed by atoms with Gasteiger partial charge < -0.3 is 10.3 Å². The maximum Gasteiger partial charge on any atom is 0.253 e. The van der Waals surface area contributed by atoms with Gasteiger partial charge in [-0.2, -0.15) is 0 Å². The first-order valence-corrected chi connectivity index (χ1v) is 5.86. The molecule has 0 saturated heterocycles. The first kappa shape index (κ1) is 13.7. The fourth-order valence-corrected chi connectivity index (χ4v) is 1.62. The molecule has 6 heteroatoms. The number of aromatic nitrogens is 1. The molecule has 0 aliphatic carbocycles. The van der Waals surface area contributed by atoms with Gasteiger partial charge in [-0.05, 0) is 18.6 Å². The molecule has 0 fully saturated rings. The lowest BCUT2D eigenvalue weighted by atomic mass is 10.2. The number of hydrogen-bond acceptors (Lipinski definition) is 4. The molecule has 0 atom stereocenters. The maximum absolute atomic E-state index is 12.0. The van der Waals surface area contributed by atoms with E-state index in [2.05, 4.69) is 17.3 Å². The number of unbranched alkanes of at least 4 members (excludes halogenated alkanes) is 1. The Morgan fingerprint density at radius 2 is 2.29 bits per heavy atom. The Morgan fingerprint density at radius 3 is 2.88 bits per heavy atom. The van der Waals surface area contributed by atoms with Crippen molar-refractivity contribution >= 4 is 23.3 Å². The van der Waals surface area contributed by atoms with Crippen LogP contribution in [0.15, 0.2) is 12.1 Å². The van der Waals surface area contributed by atoms with Crippen LogP contribution in [0.2, 0.25) is 5.15 Å². The summed E-state index contributed by atoms with van der Waals surface area (Å²) in [4.78, 5) is 17.6. The van der Waals surface area contributed by atoms with E-state index in [0.29, 0.717) is 11.4 Å². The van der Waals surface area contributed by atoms with E-state index >= 15 is 0 Å². The van der Waals surface area contributed by atoms with E-state index in [1.807, 2.05) is 0 Å². The number of hydrazine groups is 1. The molecule has 0 aromatic carbocycles. The molecule has 5 nitrogen and oxygen atoms in total. The zero-order valence-corrected chi connectivity index (χ0v) is 10.8. The van der Waals surface area contributed by atoms with Gasteiger partial charge in [-0.1, -0.05) is 24.9 Å². The third-order valence-corrected chi connectivity index (χ3v) is 2.58. The van der Waals surface area contributed by atoms with E-state index in [4.69, 9.17) is 17.4 Å². The van der Waals surface area contributed by atoms with Gasteiger partial charge in [-0.25, -0.2) is 10.8 Å². The lowest BCUT2D eigenvalue weighted by Crippen LogP contribution is -2.28. The first-order chi connectivity index (χ1) is 8.08. The second-order valence-electron chi connectivity index (χ2n) is 3.79. The minimum absolute atomic E-state index is 0.0840. The van der Waals surface area contributed by atoms with Crippen molar-refractivity contribution in [3.8, 4) is 0 Å². The predicted molar refractivity (Wildman–Crippen MR) is 68.9 cm³/mol. The van der Waals surface area contributed by atoms with Crippen LogP contribution in [0.4, 0.5) is 5.82 Å². The van der Waals surface area contributed by atoms with Crippen LogP contribution < -0.4 is 11.3 Å². The molecule has 0 radical (unpaired) electrons. The van der Waals surface area contributed by atoms with E-state index in [1.54, 1.807) is 18.0 Å².